The second-order valence-corrected chi connectivity index (χ2v) is 7.84. The lowest BCUT2D eigenvalue weighted by Crippen LogP contribution is -2.35. The predicted octanol–water partition coefficient (Wildman–Crippen LogP) is 3.17. The van der Waals surface area contributed by atoms with Crippen LogP contribution in [0.3, 0.4) is 0 Å². The predicted molar refractivity (Wildman–Crippen MR) is 87.8 cm³/mol. The minimum absolute atomic E-state index is 0.0997. The smallest absolute Gasteiger partial charge is 0.264 e. The molecular formula is C15H15BrN2O2S. The average Bonchev–Trinajstić information content (AvgIpc) is 2.78. The van der Waals surface area contributed by atoms with Gasteiger partial charge in [0.05, 0.1) is 10.6 Å². The Hall–Kier alpha value is -1.53. The van der Waals surface area contributed by atoms with Crippen LogP contribution in [0, 0.1) is 0 Å². The molecule has 0 aliphatic carbocycles. The van der Waals surface area contributed by atoms with Gasteiger partial charge in [0, 0.05) is 16.2 Å². The molecule has 1 aliphatic heterocycles. The van der Waals surface area contributed by atoms with E-state index < -0.39 is 10.0 Å². The van der Waals surface area contributed by atoms with Crippen LogP contribution in [0.4, 0.5) is 11.4 Å². The standard InChI is InChI=1S/C15H15BrN2O2S/c1-10-8-11-4-2-3-5-15(11)18(10)21(19,20)12-6-7-13(16)14(17)9-12/h2-7,9-10H,8,17H2,1H3. The zero-order chi connectivity index (χ0) is 15.2. The fourth-order valence-electron chi connectivity index (χ4n) is 2.70. The first kappa shape index (κ1) is 14.4. The van der Waals surface area contributed by atoms with Crippen molar-refractivity contribution in [2.24, 2.45) is 0 Å². The summed E-state index contributed by atoms with van der Waals surface area (Å²) in [5, 5.41) is 0. The van der Waals surface area contributed by atoms with Gasteiger partial charge in [-0.15, -0.1) is 0 Å². The highest BCUT2D eigenvalue weighted by molar-refractivity contribution is 9.10. The van der Waals surface area contributed by atoms with Crippen molar-refractivity contribution >= 4 is 37.3 Å². The molecule has 0 amide bonds. The SMILES string of the molecule is CC1Cc2ccccc2N1S(=O)(=O)c1ccc(Br)c(N)c1. The summed E-state index contributed by atoms with van der Waals surface area (Å²) in [6.45, 7) is 1.92. The average molecular weight is 367 g/mol. The summed E-state index contributed by atoms with van der Waals surface area (Å²) < 4.78 is 28.0. The van der Waals surface area contributed by atoms with Crippen molar-refractivity contribution in [3.63, 3.8) is 0 Å². The maximum absolute atomic E-state index is 12.9. The Balaban J connectivity index is 2.12. The van der Waals surface area contributed by atoms with Gasteiger partial charge >= 0.3 is 0 Å². The molecule has 1 aliphatic rings. The van der Waals surface area contributed by atoms with E-state index in [0.717, 1.165) is 17.7 Å². The molecule has 2 aromatic carbocycles. The first-order valence-corrected chi connectivity index (χ1v) is 8.82. The molecule has 0 fully saturated rings. The number of para-hydroxylation sites is 1. The van der Waals surface area contributed by atoms with Crippen molar-refractivity contribution in [1.82, 2.24) is 0 Å². The number of halogens is 1. The topological polar surface area (TPSA) is 63.4 Å². The van der Waals surface area contributed by atoms with Crippen LogP contribution >= 0.6 is 15.9 Å². The minimum Gasteiger partial charge on any atom is -0.398 e. The molecule has 0 saturated carbocycles. The fraction of sp³-hybridized carbons (Fsp3) is 0.200. The first-order chi connectivity index (χ1) is 9.91. The highest BCUT2D eigenvalue weighted by Crippen LogP contribution is 2.37. The molecule has 0 aromatic heterocycles. The molecule has 0 radical (unpaired) electrons. The molecule has 21 heavy (non-hydrogen) atoms. The van der Waals surface area contributed by atoms with Crippen molar-refractivity contribution in [3.8, 4) is 0 Å². The zero-order valence-electron chi connectivity index (χ0n) is 11.5. The van der Waals surface area contributed by atoms with Gasteiger partial charge in [0.25, 0.3) is 10.0 Å². The zero-order valence-corrected chi connectivity index (χ0v) is 13.9. The second-order valence-electron chi connectivity index (χ2n) is 5.17. The highest BCUT2D eigenvalue weighted by Gasteiger charge is 2.35. The molecule has 1 atom stereocenters. The summed E-state index contributed by atoms with van der Waals surface area (Å²) in [7, 11) is -3.61. The molecule has 6 heteroatoms. The normalized spacial score (nSPS) is 17.8. The van der Waals surface area contributed by atoms with Gasteiger partial charge in [0.15, 0.2) is 0 Å². The summed E-state index contributed by atoms with van der Waals surface area (Å²) in [5.41, 5.74) is 8.04. The van der Waals surface area contributed by atoms with Crippen molar-refractivity contribution in [3.05, 3.63) is 52.5 Å². The molecule has 110 valence electrons. The number of hydrogen-bond acceptors (Lipinski definition) is 3. The lowest BCUT2D eigenvalue weighted by Gasteiger charge is -2.24. The van der Waals surface area contributed by atoms with Gasteiger partial charge in [0.1, 0.15) is 0 Å². The number of hydrogen-bond donors (Lipinski definition) is 1. The molecule has 2 N–H and O–H groups in total. The van der Waals surface area contributed by atoms with Crippen molar-refractivity contribution < 1.29 is 8.42 Å². The van der Waals surface area contributed by atoms with Crippen LogP contribution in [0.1, 0.15) is 12.5 Å². The summed E-state index contributed by atoms with van der Waals surface area (Å²) in [6, 6.07) is 12.2. The van der Waals surface area contributed by atoms with E-state index in [-0.39, 0.29) is 10.9 Å². The maximum atomic E-state index is 12.9. The quantitative estimate of drug-likeness (QED) is 0.830. The first-order valence-electron chi connectivity index (χ1n) is 6.58. The molecule has 0 bridgehead atoms. The Morgan fingerprint density at radius 3 is 2.67 bits per heavy atom. The number of fused-ring (bicyclic) bond motifs is 1. The molecule has 3 rings (SSSR count). The molecule has 4 nitrogen and oxygen atoms in total. The van der Waals surface area contributed by atoms with Crippen LogP contribution in [0.5, 0.6) is 0 Å². The number of nitrogens with zero attached hydrogens (tertiary/aromatic N) is 1. The fourth-order valence-corrected chi connectivity index (χ4v) is 4.67. The number of sulfonamides is 1. The van der Waals surface area contributed by atoms with Crippen LogP contribution in [0.2, 0.25) is 0 Å². The molecule has 0 spiro atoms. The van der Waals surface area contributed by atoms with E-state index in [1.54, 1.807) is 12.1 Å². The van der Waals surface area contributed by atoms with Crippen LogP contribution in [0.15, 0.2) is 51.8 Å². The molecular weight excluding hydrogens is 352 g/mol. The molecule has 1 unspecified atom stereocenters. The lowest BCUT2D eigenvalue weighted by atomic mass is 10.1. The number of anilines is 2. The maximum Gasteiger partial charge on any atom is 0.264 e. The largest absolute Gasteiger partial charge is 0.398 e. The molecule has 1 heterocycles. The van der Waals surface area contributed by atoms with Gasteiger partial charge in [0.2, 0.25) is 0 Å². The van der Waals surface area contributed by atoms with Crippen molar-refractivity contribution in [2.75, 3.05) is 10.0 Å². The van der Waals surface area contributed by atoms with Crippen LogP contribution in [0.25, 0.3) is 0 Å². The summed E-state index contributed by atoms with van der Waals surface area (Å²) in [4.78, 5) is 0.215. The third-order valence-corrected chi connectivity index (χ3v) is 6.32. The third kappa shape index (κ3) is 2.32. The number of benzene rings is 2. The van der Waals surface area contributed by atoms with E-state index in [2.05, 4.69) is 15.9 Å². The van der Waals surface area contributed by atoms with Crippen molar-refractivity contribution in [1.29, 1.82) is 0 Å². The number of nitrogens with two attached hydrogens (primary N) is 1. The third-order valence-electron chi connectivity index (χ3n) is 3.67. The van der Waals surface area contributed by atoms with Crippen LogP contribution in [-0.4, -0.2) is 14.5 Å². The Morgan fingerprint density at radius 1 is 1.24 bits per heavy atom. The van der Waals surface area contributed by atoms with Gasteiger partial charge in [-0.2, -0.15) is 0 Å². The van der Waals surface area contributed by atoms with Gasteiger partial charge in [-0.25, -0.2) is 8.42 Å². The Morgan fingerprint density at radius 2 is 1.95 bits per heavy atom. The Labute approximate surface area is 132 Å². The minimum atomic E-state index is -3.61. The summed E-state index contributed by atoms with van der Waals surface area (Å²) in [5.74, 6) is 0. The van der Waals surface area contributed by atoms with E-state index in [1.807, 2.05) is 31.2 Å². The van der Waals surface area contributed by atoms with Crippen LogP contribution < -0.4 is 10.0 Å². The van der Waals surface area contributed by atoms with Crippen molar-refractivity contribution in [2.45, 2.75) is 24.3 Å². The number of nitrogen functional groups attached to an aromatic ring is 1. The Kier molecular flexibility index (Phi) is 3.45. The van der Waals surface area contributed by atoms with E-state index >= 15 is 0 Å². The monoisotopic (exact) mass is 366 g/mol. The molecule has 0 saturated heterocycles. The van der Waals surface area contributed by atoms with E-state index in [0.29, 0.717) is 10.2 Å². The van der Waals surface area contributed by atoms with Gasteiger partial charge in [-0.1, -0.05) is 18.2 Å². The molecule has 2 aromatic rings. The van der Waals surface area contributed by atoms with Gasteiger partial charge in [-0.05, 0) is 59.1 Å². The Bertz CT molecular complexity index is 805. The van der Waals surface area contributed by atoms with E-state index in [9.17, 15) is 8.42 Å². The van der Waals surface area contributed by atoms with Gasteiger partial charge < -0.3 is 5.73 Å². The highest BCUT2D eigenvalue weighted by atomic mass is 79.9. The van der Waals surface area contributed by atoms with Crippen LogP contribution in [-0.2, 0) is 16.4 Å². The summed E-state index contributed by atoms with van der Waals surface area (Å²) in [6.07, 6.45) is 0.724. The second kappa shape index (κ2) is 5.03. The van der Waals surface area contributed by atoms with E-state index in [1.165, 1.54) is 10.4 Å². The lowest BCUT2D eigenvalue weighted by molar-refractivity contribution is 0.584. The van der Waals surface area contributed by atoms with E-state index in [4.69, 9.17) is 5.73 Å². The van der Waals surface area contributed by atoms with Gasteiger partial charge in [-0.3, -0.25) is 4.31 Å². The summed E-state index contributed by atoms with van der Waals surface area (Å²) >= 11 is 3.28. The number of rotatable bonds is 2.